The summed E-state index contributed by atoms with van der Waals surface area (Å²) in [6.45, 7) is 0. The molecule has 1 aromatic carbocycles. The van der Waals surface area contributed by atoms with Crippen LogP contribution < -0.4 is 0 Å². The molecule has 0 saturated heterocycles. The van der Waals surface area contributed by atoms with E-state index in [1.807, 2.05) is 37.4 Å². The Hall–Kier alpha value is -1.13. The van der Waals surface area contributed by atoms with E-state index >= 15 is 0 Å². The van der Waals surface area contributed by atoms with Crippen LogP contribution in [0.25, 0.3) is 0 Å². The van der Waals surface area contributed by atoms with Crippen LogP contribution in [0.4, 0.5) is 0 Å². The van der Waals surface area contributed by atoms with Crippen LogP contribution in [0.5, 0.6) is 0 Å². The van der Waals surface area contributed by atoms with Crippen LogP contribution in [0.15, 0.2) is 41.0 Å². The summed E-state index contributed by atoms with van der Waals surface area (Å²) in [5.74, 6) is 0. The van der Waals surface area contributed by atoms with Gasteiger partial charge in [-0.1, -0.05) is 30.3 Å². The molecule has 1 atom stereocenters. The first-order valence-corrected chi connectivity index (χ1v) is 5.40. The van der Waals surface area contributed by atoms with E-state index in [2.05, 4.69) is 21.0 Å². The number of hydrogen-bond donors (Lipinski definition) is 1. The minimum atomic E-state index is -0.645. The molecule has 0 radical (unpaired) electrons. The van der Waals surface area contributed by atoms with Crippen molar-refractivity contribution in [2.24, 2.45) is 7.05 Å². The highest BCUT2D eigenvalue weighted by molar-refractivity contribution is 9.10. The van der Waals surface area contributed by atoms with Crippen molar-refractivity contribution in [3.05, 3.63) is 52.3 Å². The maximum Gasteiger partial charge on any atom is 0.122 e. The van der Waals surface area contributed by atoms with E-state index in [0.717, 1.165) is 15.7 Å². The highest BCUT2D eigenvalue weighted by atomic mass is 79.9. The van der Waals surface area contributed by atoms with Crippen molar-refractivity contribution >= 4 is 15.9 Å². The maximum absolute atomic E-state index is 10.2. The lowest BCUT2D eigenvalue weighted by molar-refractivity contribution is 0.209. The highest BCUT2D eigenvalue weighted by Crippen LogP contribution is 2.27. The van der Waals surface area contributed by atoms with Gasteiger partial charge in [-0.05, 0) is 21.5 Å². The van der Waals surface area contributed by atoms with Crippen LogP contribution in [0.3, 0.4) is 0 Å². The number of aliphatic hydroxyl groups excluding tert-OH is 1. The highest BCUT2D eigenvalue weighted by Gasteiger charge is 2.17. The van der Waals surface area contributed by atoms with E-state index in [-0.39, 0.29) is 0 Å². The van der Waals surface area contributed by atoms with Crippen LogP contribution in [-0.4, -0.2) is 14.9 Å². The van der Waals surface area contributed by atoms with Crippen LogP contribution in [0.2, 0.25) is 0 Å². The summed E-state index contributed by atoms with van der Waals surface area (Å²) >= 11 is 3.37. The van der Waals surface area contributed by atoms with Crippen molar-refractivity contribution in [2.45, 2.75) is 6.10 Å². The molecule has 0 bridgehead atoms. The van der Waals surface area contributed by atoms with Gasteiger partial charge in [-0.2, -0.15) is 5.10 Å². The first-order valence-electron chi connectivity index (χ1n) is 4.60. The number of aliphatic hydroxyl groups is 1. The van der Waals surface area contributed by atoms with Gasteiger partial charge in [-0.25, -0.2) is 0 Å². The Balaban J connectivity index is 2.41. The quantitative estimate of drug-likeness (QED) is 0.906. The SMILES string of the molecule is Cn1ncc(Br)c1[C@H](O)c1ccccc1. The van der Waals surface area contributed by atoms with Gasteiger partial charge in [-0.15, -0.1) is 0 Å². The Kier molecular flexibility index (Phi) is 2.88. The Labute approximate surface area is 96.5 Å². The van der Waals surface area contributed by atoms with Gasteiger partial charge in [0.1, 0.15) is 6.10 Å². The molecule has 78 valence electrons. The average Bonchev–Trinajstić information content (AvgIpc) is 2.59. The van der Waals surface area contributed by atoms with Gasteiger partial charge in [0, 0.05) is 7.05 Å². The molecule has 2 aromatic rings. The third-order valence-corrected chi connectivity index (χ3v) is 2.92. The lowest BCUT2D eigenvalue weighted by Crippen LogP contribution is -2.07. The Bertz CT molecular complexity index is 433. The van der Waals surface area contributed by atoms with E-state index in [1.54, 1.807) is 10.9 Å². The molecule has 3 nitrogen and oxygen atoms in total. The third kappa shape index (κ3) is 1.96. The van der Waals surface area contributed by atoms with Gasteiger partial charge in [0.2, 0.25) is 0 Å². The normalized spacial score (nSPS) is 12.7. The van der Waals surface area contributed by atoms with E-state index in [9.17, 15) is 5.11 Å². The van der Waals surface area contributed by atoms with Crippen LogP contribution >= 0.6 is 15.9 Å². The summed E-state index contributed by atoms with van der Waals surface area (Å²) in [5.41, 5.74) is 1.63. The van der Waals surface area contributed by atoms with Crippen molar-refractivity contribution in [3.8, 4) is 0 Å². The predicted octanol–water partition coefficient (Wildman–Crippen LogP) is 2.26. The molecular weight excluding hydrogens is 256 g/mol. The molecule has 0 amide bonds. The topological polar surface area (TPSA) is 38.0 Å². The molecule has 0 fully saturated rings. The lowest BCUT2D eigenvalue weighted by atomic mass is 10.1. The number of halogens is 1. The number of benzene rings is 1. The molecule has 1 N–H and O–H groups in total. The average molecular weight is 267 g/mol. The lowest BCUT2D eigenvalue weighted by Gasteiger charge is -2.11. The van der Waals surface area contributed by atoms with E-state index in [0.29, 0.717) is 0 Å². The molecule has 0 saturated carbocycles. The standard InChI is InChI=1S/C11H11BrN2O/c1-14-10(9(12)7-13-14)11(15)8-5-3-2-4-6-8/h2-7,11,15H,1H3/t11-/m1/s1. The molecule has 1 heterocycles. The molecule has 15 heavy (non-hydrogen) atoms. The molecule has 0 aliphatic rings. The second-order valence-electron chi connectivity index (χ2n) is 3.31. The molecule has 1 aromatic heterocycles. The Morgan fingerprint density at radius 2 is 2.00 bits per heavy atom. The van der Waals surface area contributed by atoms with Crippen LogP contribution in [0, 0.1) is 0 Å². The van der Waals surface area contributed by atoms with Gasteiger partial charge >= 0.3 is 0 Å². The number of nitrogens with zero attached hydrogens (tertiary/aromatic N) is 2. The zero-order valence-electron chi connectivity index (χ0n) is 8.26. The maximum atomic E-state index is 10.2. The molecule has 4 heteroatoms. The summed E-state index contributed by atoms with van der Waals surface area (Å²) in [4.78, 5) is 0. The van der Waals surface area contributed by atoms with Gasteiger partial charge in [0.05, 0.1) is 16.4 Å². The predicted molar refractivity (Wildman–Crippen MR) is 61.4 cm³/mol. The van der Waals surface area contributed by atoms with Gasteiger partial charge in [-0.3, -0.25) is 4.68 Å². The second-order valence-corrected chi connectivity index (χ2v) is 4.17. The largest absolute Gasteiger partial charge is 0.382 e. The zero-order chi connectivity index (χ0) is 10.8. The number of hydrogen-bond acceptors (Lipinski definition) is 2. The Morgan fingerprint density at radius 3 is 2.53 bits per heavy atom. The fraction of sp³-hybridized carbons (Fsp3) is 0.182. The molecule has 2 rings (SSSR count). The summed E-state index contributed by atoms with van der Waals surface area (Å²) in [5, 5.41) is 14.2. The number of rotatable bonds is 2. The van der Waals surface area contributed by atoms with Crippen molar-refractivity contribution in [1.29, 1.82) is 0 Å². The molecule has 0 aliphatic carbocycles. The molecule has 0 aliphatic heterocycles. The van der Waals surface area contributed by atoms with Gasteiger partial charge < -0.3 is 5.11 Å². The molecular formula is C11H11BrN2O. The van der Waals surface area contributed by atoms with Gasteiger partial charge in [0.15, 0.2) is 0 Å². The minimum absolute atomic E-state index is 0.645. The first-order chi connectivity index (χ1) is 7.20. The van der Waals surface area contributed by atoms with E-state index in [1.165, 1.54) is 0 Å². The first kappa shape index (κ1) is 10.4. The number of aromatic nitrogens is 2. The summed E-state index contributed by atoms with van der Waals surface area (Å²) < 4.78 is 2.49. The second kappa shape index (κ2) is 4.16. The summed E-state index contributed by atoms with van der Waals surface area (Å²) in [6, 6.07) is 9.52. The fourth-order valence-electron chi connectivity index (χ4n) is 1.52. The zero-order valence-corrected chi connectivity index (χ0v) is 9.85. The number of aryl methyl sites for hydroxylation is 1. The monoisotopic (exact) mass is 266 g/mol. The summed E-state index contributed by atoms with van der Waals surface area (Å²) in [6.07, 6.45) is 1.04. The summed E-state index contributed by atoms with van der Waals surface area (Å²) in [7, 11) is 1.81. The van der Waals surface area contributed by atoms with Crippen molar-refractivity contribution in [2.75, 3.05) is 0 Å². The minimum Gasteiger partial charge on any atom is -0.382 e. The van der Waals surface area contributed by atoms with Crippen molar-refractivity contribution in [3.63, 3.8) is 0 Å². The van der Waals surface area contributed by atoms with Crippen molar-refractivity contribution in [1.82, 2.24) is 9.78 Å². The molecule has 0 unspecified atom stereocenters. The van der Waals surface area contributed by atoms with Crippen LogP contribution in [-0.2, 0) is 7.05 Å². The Morgan fingerprint density at radius 1 is 1.33 bits per heavy atom. The molecule has 0 spiro atoms. The van der Waals surface area contributed by atoms with E-state index < -0.39 is 6.10 Å². The van der Waals surface area contributed by atoms with E-state index in [4.69, 9.17) is 0 Å². The fourth-order valence-corrected chi connectivity index (χ4v) is 2.09. The van der Waals surface area contributed by atoms with Gasteiger partial charge in [0.25, 0.3) is 0 Å². The van der Waals surface area contributed by atoms with Crippen LogP contribution in [0.1, 0.15) is 17.4 Å². The third-order valence-electron chi connectivity index (χ3n) is 2.31. The smallest absolute Gasteiger partial charge is 0.122 e. The van der Waals surface area contributed by atoms with Crippen molar-refractivity contribution < 1.29 is 5.11 Å².